The van der Waals surface area contributed by atoms with Crippen LogP contribution in [0.2, 0.25) is 0 Å². The minimum atomic E-state index is -3.20. The fourth-order valence-electron chi connectivity index (χ4n) is 3.01. The Balaban J connectivity index is 1.95. The van der Waals surface area contributed by atoms with Gasteiger partial charge in [0.05, 0.1) is 23.7 Å². The summed E-state index contributed by atoms with van der Waals surface area (Å²) in [5, 5.41) is 4.23. The minimum Gasteiger partial charge on any atom is -0.363 e. The highest BCUT2D eigenvalue weighted by atomic mass is 32.2. The van der Waals surface area contributed by atoms with Crippen LogP contribution in [0.5, 0.6) is 0 Å². The molecule has 1 atom stereocenters. The molecule has 1 fully saturated rings. The number of amides is 1. The highest BCUT2D eigenvalue weighted by Gasteiger charge is 2.36. The molecule has 1 amide bonds. The summed E-state index contributed by atoms with van der Waals surface area (Å²) in [6.45, 7) is 2.81. The molecule has 9 heteroatoms. The van der Waals surface area contributed by atoms with E-state index in [2.05, 4.69) is 10.1 Å². The zero-order valence-electron chi connectivity index (χ0n) is 15.2. The molecule has 0 unspecified atom stereocenters. The molecule has 0 aromatic carbocycles. The minimum absolute atomic E-state index is 0.0250. The van der Waals surface area contributed by atoms with E-state index in [-0.39, 0.29) is 24.0 Å². The third-order valence-electron chi connectivity index (χ3n) is 4.50. The van der Waals surface area contributed by atoms with E-state index in [9.17, 15) is 13.2 Å². The predicted octanol–water partition coefficient (Wildman–Crippen LogP) is 0.976. The van der Waals surface area contributed by atoms with Gasteiger partial charge in [0.2, 0.25) is 0 Å². The molecule has 0 saturated carbocycles. The lowest BCUT2D eigenvalue weighted by Gasteiger charge is -2.35. The standard InChI is InChI=1S/C17H23N5O3S/c1-4-21-11-14(10-19-21)15-12-26(24,25)8-7-22(15)17(23)13-5-6-18-16(9-13)20(2)3/h5-6,9-11,15H,4,7-8,12H2,1-3H3/t15-/m1/s1. The number of pyridine rings is 1. The van der Waals surface area contributed by atoms with E-state index in [1.54, 1.807) is 34.1 Å². The molecule has 1 saturated heterocycles. The van der Waals surface area contributed by atoms with Gasteiger partial charge in [0.1, 0.15) is 5.82 Å². The third-order valence-corrected chi connectivity index (χ3v) is 6.13. The number of nitrogens with zero attached hydrogens (tertiary/aromatic N) is 5. The van der Waals surface area contributed by atoms with Gasteiger partial charge in [0.15, 0.2) is 9.84 Å². The molecule has 140 valence electrons. The Kier molecular flexibility index (Phi) is 4.99. The zero-order chi connectivity index (χ0) is 18.9. The van der Waals surface area contributed by atoms with Crippen molar-refractivity contribution in [2.24, 2.45) is 0 Å². The lowest BCUT2D eigenvalue weighted by atomic mass is 10.1. The molecule has 8 nitrogen and oxygen atoms in total. The third kappa shape index (κ3) is 3.72. The summed E-state index contributed by atoms with van der Waals surface area (Å²) in [4.78, 5) is 20.8. The first-order chi connectivity index (χ1) is 12.3. The number of hydrogen-bond donors (Lipinski definition) is 0. The molecular weight excluding hydrogens is 354 g/mol. The van der Waals surface area contributed by atoms with Crippen LogP contribution in [0.25, 0.3) is 0 Å². The summed E-state index contributed by atoms with van der Waals surface area (Å²) in [5.41, 5.74) is 1.24. The van der Waals surface area contributed by atoms with Crippen molar-refractivity contribution in [2.75, 3.05) is 37.0 Å². The van der Waals surface area contributed by atoms with E-state index in [4.69, 9.17) is 0 Å². The van der Waals surface area contributed by atoms with Crippen molar-refractivity contribution in [1.82, 2.24) is 19.7 Å². The molecule has 3 heterocycles. The van der Waals surface area contributed by atoms with Gasteiger partial charge in [-0.05, 0) is 19.1 Å². The van der Waals surface area contributed by atoms with Crippen molar-refractivity contribution in [3.8, 4) is 0 Å². The second-order valence-electron chi connectivity index (χ2n) is 6.56. The van der Waals surface area contributed by atoms with Gasteiger partial charge in [-0.15, -0.1) is 0 Å². The summed E-state index contributed by atoms with van der Waals surface area (Å²) in [5.74, 6) is 0.373. The van der Waals surface area contributed by atoms with E-state index >= 15 is 0 Å². The molecule has 0 spiro atoms. The van der Waals surface area contributed by atoms with Crippen molar-refractivity contribution in [3.05, 3.63) is 41.9 Å². The molecule has 1 aliphatic heterocycles. The van der Waals surface area contributed by atoms with E-state index in [1.807, 2.05) is 32.1 Å². The Morgan fingerprint density at radius 1 is 1.38 bits per heavy atom. The van der Waals surface area contributed by atoms with Crippen molar-refractivity contribution < 1.29 is 13.2 Å². The number of carbonyl (C=O) groups excluding carboxylic acids is 1. The second kappa shape index (κ2) is 7.06. The van der Waals surface area contributed by atoms with Crippen molar-refractivity contribution in [3.63, 3.8) is 0 Å². The average Bonchev–Trinajstić information content (AvgIpc) is 3.09. The fourth-order valence-corrected chi connectivity index (χ4v) is 4.51. The highest BCUT2D eigenvalue weighted by molar-refractivity contribution is 7.91. The summed E-state index contributed by atoms with van der Waals surface area (Å²) < 4.78 is 26.1. The van der Waals surface area contributed by atoms with Gasteiger partial charge in [-0.25, -0.2) is 13.4 Å². The van der Waals surface area contributed by atoms with Crippen LogP contribution in [0.4, 0.5) is 5.82 Å². The molecule has 1 aliphatic rings. The number of aryl methyl sites for hydroxylation is 1. The van der Waals surface area contributed by atoms with E-state index < -0.39 is 15.9 Å². The van der Waals surface area contributed by atoms with Gasteiger partial charge >= 0.3 is 0 Å². The SMILES string of the molecule is CCn1cc([C@H]2CS(=O)(=O)CCN2C(=O)c2ccnc(N(C)C)c2)cn1. The Morgan fingerprint density at radius 3 is 2.81 bits per heavy atom. The molecule has 0 bridgehead atoms. The van der Waals surface area contributed by atoms with E-state index in [1.165, 1.54) is 0 Å². The Labute approximate surface area is 153 Å². The highest BCUT2D eigenvalue weighted by Crippen LogP contribution is 2.28. The largest absolute Gasteiger partial charge is 0.363 e. The number of rotatable bonds is 4. The second-order valence-corrected chi connectivity index (χ2v) is 8.78. The molecule has 2 aromatic heterocycles. The lowest BCUT2D eigenvalue weighted by Crippen LogP contribution is -2.46. The molecule has 0 aliphatic carbocycles. The Morgan fingerprint density at radius 2 is 2.15 bits per heavy atom. The molecule has 3 rings (SSSR count). The van der Waals surface area contributed by atoms with Crippen LogP contribution in [0.3, 0.4) is 0 Å². The van der Waals surface area contributed by atoms with Crippen molar-refractivity contribution in [1.29, 1.82) is 0 Å². The van der Waals surface area contributed by atoms with Gasteiger partial charge in [-0.2, -0.15) is 5.10 Å². The predicted molar refractivity (Wildman–Crippen MR) is 98.9 cm³/mol. The van der Waals surface area contributed by atoms with Crippen LogP contribution < -0.4 is 4.90 Å². The number of aromatic nitrogens is 3. The molecule has 26 heavy (non-hydrogen) atoms. The van der Waals surface area contributed by atoms with Crippen LogP contribution in [-0.4, -0.2) is 66.1 Å². The maximum absolute atomic E-state index is 13.1. The summed E-state index contributed by atoms with van der Waals surface area (Å²) in [6, 6.07) is 2.85. The van der Waals surface area contributed by atoms with E-state index in [0.717, 1.165) is 5.56 Å². The summed E-state index contributed by atoms with van der Waals surface area (Å²) in [6.07, 6.45) is 5.05. The van der Waals surface area contributed by atoms with Gasteiger partial charge in [-0.1, -0.05) is 0 Å². The van der Waals surface area contributed by atoms with Crippen molar-refractivity contribution in [2.45, 2.75) is 19.5 Å². The van der Waals surface area contributed by atoms with Gasteiger partial charge in [0.25, 0.3) is 5.91 Å². The number of carbonyl (C=O) groups is 1. The topological polar surface area (TPSA) is 88.4 Å². The van der Waals surface area contributed by atoms with Crippen molar-refractivity contribution >= 4 is 21.6 Å². The van der Waals surface area contributed by atoms with E-state index in [0.29, 0.717) is 17.9 Å². The van der Waals surface area contributed by atoms with Crippen LogP contribution in [0.1, 0.15) is 28.9 Å². The molecular formula is C17H23N5O3S. The van der Waals surface area contributed by atoms with Gasteiger partial charge < -0.3 is 9.80 Å². The number of hydrogen-bond acceptors (Lipinski definition) is 6. The van der Waals surface area contributed by atoms with Crippen LogP contribution in [-0.2, 0) is 16.4 Å². The molecule has 0 N–H and O–H groups in total. The fraction of sp³-hybridized carbons (Fsp3) is 0.471. The first-order valence-corrected chi connectivity index (χ1v) is 10.3. The first kappa shape index (κ1) is 18.4. The zero-order valence-corrected chi connectivity index (χ0v) is 16.0. The van der Waals surface area contributed by atoms with Gasteiger partial charge in [0, 0.05) is 50.7 Å². The summed E-state index contributed by atoms with van der Waals surface area (Å²) >= 11 is 0. The first-order valence-electron chi connectivity index (χ1n) is 8.48. The quantitative estimate of drug-likeness (QED) is 0.789. The van der Waals surface area contributed by atoms with Crippen LogP contribution in [0, 0.1) is 0 Å². The number of anilines is 1. The lowest BCUT2D eigenvalue weighted by molar-refractivity contribution is 0.0697. The Hall–Kier alpha value is -2.42. The van der Waals surface area contributed by atoms with Crippen LogP contribution >= 0.6 is 0 Å². The normalized spacial score (nSPS) is 19.3. The van der Waals surface area contributed by atoms with Crippen LogP contribution in [0.15, 0.2) is 30.7 Å². The molecule has 2 aromatic rings. The van der Waals surface area contributed by atoms with Gasteiger partial charge in [-0.3, -0.25) is 9.48 Å². The monoisotopic (exact) mass is 377 g/mol. The smallest absolute Gasteiger partial charge is 0.254 e. The molecule has 0 radical (unpaired) electrons. The Bertz CT molecular complexity index is 907. The number of sulfone groups is 1. The maximum atomic E-state index is 13.1. The summed E-state index contributed by atoms with van der Waals surface area (Å²) in [7, 11) is 0.507. The average molecular weight is 377 g/mol. The maximum Gasteiger partial charge on any atom is 0.254 e.